The molecule has 3 fully saturated rings. The third-order valence-corrected chi connectivity index (χ3v) is 7.72. The number of Topliss-reactive ketones (excluding diaryl/α,β-unsaturated/α-hetero) is 1. The molecule has 140 valence electrons. The lowest BCUT2D eigenvalue weighted by Gasteiger charge is -2.62. The number of fused-ring (bicyclic) bond motifs is 1. The summed E-state index contributed by atoms with van der Waals surface area (Å²) in [6.07, 6.45) is 6.87. The lowest BCUT2D eigenvalue weighted by molar-refractivity contribution is -0.159. The molecule has 4 nitrogen and oxygen atoms in total. The van der Waals surface area contributed by atoms with Gasteiger partial charge in [-0.15, -0.1) is 0 Å². The third kappa shape index (κ3) is 2.28. The van der Waals surface area contributed by atoms with Crippen LogP contribution in [0.1, 0.15) is 55.2 Å². The quantitative estimate of drug-likeness (QED) is 0.771. The molecule has 3 N–H and O–H groups in total. The minimum Gasteiger partial charge on any atom is -0.396 e. The van der Waals surface area contributed by atoms with Crippen molar-refractivity contribution in [2.24, 2.45) is 11.8 Å². The normalized spacial score (nSPS) is 38.6. The Labute approximate surface area is 155 Å². The lowest BCUT2D eigenvalue weighted by atomic mass is 9.48. The van der Waals surface area contributed by atoms with E-state index in [1.54, 1.807) is 0 Å². The number of carbonyl (C=O) groups is 1. The fraction of sp³-hybridized carbons (Fsp3) is 0.682. The fourth-order valence-corrected chi connectivity index (χ4v) is 6.16. The zero-order valence-electron chi connectivity index (χ0n) is 15.3. The Morgan fingerprint density at radius 3 is 2.88 bits per heavy atom. The monoisotopic (exact) mass is 355 g/mol. The van der Waals surface area contributed by atoms with Gasteiger partial charge in [-0.2, -0.15) is 0 Å². The van der Waals surface area contributed by atoms with Crippen LogP contribution in [0.3, 0.4) is 0 Å². The van der Waals surface area contributed by atoms with Crippen LogP contribution in [0.5, 0.6) is 0 Å². The highest BCUT2D eigenvalue weighted by molar-refractivity contribution is 5.85. The van der Waals surface area contributed by atoms with Gasteiger partial charge in [0.1, 0.15) is 5.78 Å². The molecular formula is C22H29NO3. The third-order valence-electron chi connectivity index (χ3n) is 7.72. The van der Waals surface area contributed by atoms with E-state index in [1.807, 2.05) is 0 Å². The van der Waals surface area contributed by atoms with E-state index in [-0.39, 0.29) is 24.3 Å². The summed E-state index contributed by atoms with van der Waals surface area (Å²) in [4.78, 5) is 12.9. The predicted molar refractivity (Wildman–Crippen MR) is 99.0 cm³/mol. The molecule has 5 rings (SSSR count). The minimum absolute atomic E-state index is 0.0124. The maximum absolute atomic E-state index is 12.9. The van der Waals surface area contributed by atoms with Crippen LogP contribution in [0.4, 0.5) is 0 Å². The van der Waals surface area contributed by atoms with Crippen LogP contribution in [0.2, 0.25) is 0 Å². The van der Waals surface area contributed by atoms with E-state index < -0.39 is 11.0 Å². The van der Waals surface area contributed by atoms with Crippen LogP contribution < -0.4 is 5.32 Å². The molecule has 0 spiro atoms. The zero-order valence-corrected chi connectivity index (χ0v) is 15.3. The molecule has 3 aliphatic carbocycles. The van der Waals surface area contributed by atoms with Crippen LogP contribution in [-0.4, -0.2) is 40.8 Å². The second-order valence-electron chi connectivity index (χ2n) is 9.11. The van der Waals surface area contributed by atoms with Gasteiger partial charge in [0.05, 0.1) is 5.60 Å². The number of aliphatic hydroxyl groups excluding tert-OH is 1. The van der Waals surface area contributed by atoms with Gasteiger partial charge in [0, 0.05) is 30.4 Å². The van der Waals surface area contributed by atoms with E-state index in [0.29, 0.717) is 19.3 Å². The van der Waals surface area contributed by atoms with E-state index in [1.165, 1.54) is 29.5 Å². The fourth-order valence-electron chi connectivity index (χ4n) is 6.16. The van der Waals surface area contributed by atoms with Crippen LogP contribution in [0.15, 0.2) is 18.2 Å². The summed E-state index contributed by atoms with van der Waals surface area (Å²) in [6.45, 7) is 0.872. The summed E-state index contributed by atoms with van der Waals surface area (Å²) in [5, 5.41) is 24.8. The van der Waals surface area contributed by atoms with Crippen molar-refractivity contribution < 1.29 is 15.0 Å². The number of benzene rings is 1. The van der Waals surface area contributed by atoms with Crippen molar-refractivity contribution in [3.05, 3.63) is 34.9 Å². The number of carbonyl (C=O) groups excluding carboxylic acids is 1. The first kappa shape index (κ1) is 16.9. The van der Waals surface area contributed by atoms with Crippen molar-refractivity contribution in [2.45, 2.75) is 68.4 Å². The standard InChI is InChI=1S/C22H29NO3/c24-9-6-16-12-22(26)20-11-17-15(10-14-4-5-14)2-1-3-18(17)21(22,7-8-23-20)13-19(16)25/h1-3,14,16,20,23-24,26H,4-13H2. The summed E-state index contributed by atoms with van der Waals surface area (Å²) < 4.78 is 0. The second-order valence-corrected chi connectivity index (χ2v) is 9.11. The molecule has 0 aromatic heterocycles. The molecule has 0 amide bonds. The van der Waals surface area contributed by atoms with Gasteiger partial charge in [0.25, 0.3) is 0 Å². The molecule has 4 atom stereocenters. The van der Waals surface area contributed by atoms with E-state index >= 15 is 0 Å². The molecule has 1 saturated heterocycles. The SMILES string of the molecule is O=C1CC23CCNC(Cc4c(CC5CC5)cccc42)C3(O)CC1CCO. The van der Waals surface area contributed by atoms with Crippen molar-refractivity contribution in [3.8, 4) is 0 Å². The average molecular weight is 355 g/mol. The van der Waals surface area contributed by atoms with Gasteiger partial charge in [-0.05, 0) is 74.1 Å². The Morgan fingerprint density at radius 2 is 2.12 bits per heavy atom. The summed E-state index contributed by atoms with van der Waals surface area (Å²) in [7, 11) is 0. The van der Waals surface area contributed by atoms with Gasteiger partial charge in [-0.3, -0.25) is 4.79 Å². The molecule has 2 saturated carbocycles. The first-order valence-corrected chi connectivity index (χ1v) is 10.3. The van der Waals surface area contributed by atoms with E-state index in [0.717, 1.165) is 31.7 Å². The highest BCUT2D eigenvalue weighted by atomic mass is 16.3. The van der Waals surface area contributed by atoms with Crippen molar-refractivity contribution in [2.75, 3.05) is 13.2 Å². The molecule has 4 heteroatoms. The summed E-state index contributed by atoms with van der Waals surface area (Å²) >= 11 is 0. The van der Waals surface area contributed by atoms with Crippen molar-refractivity contribution in [1.29, 1.82) is 0 Å². The Hall–Kier alpha value is -1.23. The number of rotatable bonds is 4. The number of ketones is 1. The summed E-state index contributed by atoms with van der Waals surface area (Å²) in [5.74, 6) is 0.844. The first-order valence-electron chi connectivity index (χ1n) is 10.3. The molecule has 0 radical (unpaired) electrons. The molecular weight excluding hydrogens is 326 g/mol. The highest BCUT2D eigenvalue weighted by Crippen LogP contribution is 2.57. The molecule has 1 heterocycles. The van der Waals surface area contributed by atoms with Crippen LogP contribution in [-0.2, 0) is 23.1 Å². The molecule has 1 aliphatic heterocycles. The van der Waals surface area contributed by atoms with E-state index in [4.69, 9.17) is 0 Å². The topological polar surface area (TPSA) is 69.6 Å². The summed E-state index contributed by atoms with van der Waals surface area (Å²) in [5.41, 5.74) is 2.75. The number of piperidine rings is 1. The maximum atomic E-state index is 12.9. The van der Waals surface area contributed by atoms with Crippen LogP contribution in [0.25, 0.3) is 0 Å². The van der Waals surface area contributed by atoms with Crippen LogP contribution in [0, 0.1) is 11.8 Å². The Bertz CT molecular complexity index is 743. The number of hydrogen-bond acceptors (Lipinski definition) is 4. The Balaban J connectivity index is 1.62. The van der Waals surface area contributed by atoms with Crippen molar-refractivity contribution >= 4 is 5.78 Å². The first-order chi connectivity index (χ1) is 12.6. The van der Waals surface area contributed by atoms with Gasteiger partial charge < -0.3 is 15.5 Å². The Morgan fingerprint density at radius 1 is 1.27 bits per heavy atom. The van der Waals surface area contributed by atoms with E-state index in [9.17, 15) is 15.0 Å². The van der Waals surface area contributed by atoms with Gasteiger partial charge in [0.2, 0.25) is 0 Å². The predicted octanol–water partition coefficient (Wildman–Crippen LogP) is 1.89. The summed E-state index contributed by atoms with van der Waals surface area (Å²) in [6, 6.07) is 6.59. The Kier molecular flexibility index (Phi) is 3.83. The second kappa shape index (κ2) is 5.88. The largest absolute Gasteiger partial charge is 0.396 e. The van der Waals surface area contributed by atoms with E-state index in [2.05, 4.69) is 23.5 Å². The molecule has 26 heavy (non-hydrogen) atoms. The molecule has 2 bridgehead atoms. The molecule has 4 unspecified atom stereocenters. The number of hydrogen-bond donors (Lipinski definition) is 3. The van der Waals surface area contributed by atoms with Crippen LogP contribution >= 0.6 is 0 Å². The van der Waals surface area contributed by atoms with Gasteiger partial charge in [0.15, 0.2) is 0 Å². The lowest BCUT2D eigenvalue weighted by Crippen LogP contribution is -2.73. The van der Waals surface area contributed by atoms with Gasteiger partial charge >= 0.3 is 0 Å². The number of nitrogens with one attached hydrogen (secondary N) is 1. The van der Waals surface area contributed by atoms with Gasteiger partial charge in [-0.1, -0.05) is 18.2 Å². The van der Waals surface area contributed by atoms with Crippen molar-refractivity contribution in [1.82, 2.24) is 5.32 Å². The minimum atomic E-state index is -0.885. The maximum Gasteiger partial charge on any atom is 0.137 e. The highest BCUT2D eigenvalue weighted by Gasteiger charge is 2.64. The van der Waals surface area contributed by atoms with Crippen molar-refractivity contribution in [3.63, 3.8) is 0 Å². The zero-order chi connectivity index (χ0) is 17.9. The molecule has 4 aliphatic rings. The molecule has 1 aromatic carbocycles. The average Bonchev–Trinajstić information content (AvgIpc) is 3.41. The van der Waals surface area contributed by atoms with Gasteiger partial charge in [-0.25, -0.2) is 0 Å². The number of aliphatic hydroxyl groups is 2. The smallest absolute Gasteiger partial charge is 0.137 e. The molecule has 1 aromatic rings.